The van der Waals surface area contributed by atoms with Crippen LogP contribution in [0.1, 0.15) is 188 Å². The Kier molecular flexibility index (Phi) is 32.5. The van der Waals surface area contributed by atoms with E-state index in [0.29, 0.717) is 18.1 Å². The van der Waals surface area contributed by atoms with Crippen molar-refractivity contribution in [2.45, 2.75) is 194 Å². The molecule has 45 heavy (non-hydrogen) atoms. The molecule has 2 nitrogen and oxygen atoms in total. The summed E-state index contributed by atoms with van der Waals surface area (Å²) < 4.78 is 0. The molecule has 0 saturated carbocycles. The number of nitrogens with zero attached hydrogens (tertiary/aromatic N) is 1. The van der Waals surface area contributed by atoms with E-state index in [0.717, 1.165) is 12.8 Å². The molecule has 1 heterocycles. The number of hydrogen-bond donors (Lipinski definition) is 1. The van der Waals surface area contributed by atoms with Gasteiger partial charge in [0.05, 0.1) is 6.61 Å². The predicted octanol–water partition coefficient (Wildman–Crippen LogP) is 13.5. The van der Waals surface area contributed by atoms with E-state index in [2.05, 4.69) is 74.3 Å². The van der Waals surface area contributed by atoms with Crippen LogP contribution in [0.25, 0.3) is 0 Å². The van der Waals surface area contributed by atoms with Gasteiger partial charge in [-0.1, -0.05) is 152 Å². The van der Waals surface area contributed by atoms with E-state index in [1.807, 2.05) is 0 Å². The third-order valence-corrected chi connectivity index (χ3v) is 9.78. The maximum absolute atomic E-state index is 9.63. The van der Waals surface area contributed by atoms with E-state index in [-0.39, 0.29) is 12.4 Å². The van der Waals surface area contributed by atoms with Gasteiger partial charge in [0.25, 0.3) is 0 Å². The van der Waals surface area contributed by atoms with E-state index < -0.39 is 0 Å². The summed E-state index contributed by atoms with van der Waals surface area (Å²) in [4.78, 5) is 2.52. The summed E-state index contributed by atoms with van der Waals surface area (Å²) in [6, 6.07) is 0.329. The summed E-state index contributed by atoms with van der Waals surface area (Å²) >= 11 is 0. The van der Waals surface area contributed by atoms with Crippen molar-refractivity contribution in [1.82, 2.24) is 4.90 Å². The maximum Gasteiger partial charge on any atom is 0.0584 e. The van der Waals surface area contributed by atoms with Crippen LogP contribution in [0.5, 0.6) is 0 Å². The molecule has 1 fully saturated rings. The minimum absolute atomic E-state index is 0. The lowest BCUT2D eigenvalue weighted by Crippen LogP contribution is -2.59. The number of hydrogen-bond acceptors (Lipinski definition) is 2. The first kappa shape index (κ1) is 44.2. The fraction of sp³-hybridized carbons (Fsp3) is 0.810. The van der Waals surface area contributed by atoms with Gasteiger partial charge in [-0.2, -0.15) is 0 Å². The number of likely N-dealkylation sites (tertiary alicyclic amines) is 1. The summed E-state index contributed by atoms with van der Waals surface area (Å²) in [6.45, 7) is 9.46. The van der Waals surface area contributed by atoms with Gasteiger partial charge in [-0.05, 0) is 89.4 Å². The highest BCUT2D eigenvalue weighted by atomic mass is 35.5. The summed E-state index contributed by atoms with van der Waals surface area (Å²) in [5.74, 6) is 0. The van der Waals surface area contributed by atoms with Crippen molar-refractivity contribution in [1.29, 1.82) is 0 Å². The third-order valence-electron chi connectivity index (χ3n) is 9.78. The molecule has 1 N–H and O–H groups in total. The minimum Gasteiger partial charge on any atom is -0.395 e. The van der Waals surface area contributed by atoms with Gasteiger partial charge < -0.3 is 5.11 Å². The van der Waals surface area contributed by atoms with Gasteiger partial charge in [-0.15, -0.1) is 12.4 Å². The fourth-order valence-electron chi connectivity index (χ4n) is 6.66. The molecule has 1 rings (SSSR count). The minimum atomic E-state index is 0. The van der Waals surface area contributed by atoms with Gasteiger partial charge in [0.15, 0.2) is 0 Å². The lowest BCUT2D eigenvalue weighted by atomic mass is 9.71. The van der Waals surface area contributed by atoms with Crippen LogP contribution in [0.3, 0.4) is 0 Å². The molecule has 0 aromatic carbocycles. The second kappa shape index (κ2) is 33.1. The van der Waals surface area contributed by atoms with E-state index in [1.54, 1.807) is 0 Å². The average molecular weight is 649 g/mol. The van der Waals surface area contributed by atoms with Crippen molar-refractivity contribution in [2.75, 3.05) is 19.7 Å². The molecule has 0 aliphatic carbocycles. The van der Waals surface area contributed by atoms with Crippen LogP contribution < -0.4 is 0 Å². The smallest absolute Gasteiger partial charge is 0.0584 e. The quantitative estimate of drug-likeness (QED) is 0.0580. The second-order valence-corrected chi connectivity index (χ2v) is 14.1. The zero-order chi connectivity index (χ0) is 31.8. The van der Waals surface area contributed by atoms with Crippen LogP contribution in [0.4, 0.5) is 0 Å². The van der Waals surface area contributed by atoms with Crippen molar-refractivity contribution in [3.05, 3.63) is 48.6 Å². The summed E-state index contributed by atoms with van der Waals surface area (Å²) in [5.41, 5.74) is 0.536. The van der Waals surface area contributed by atoms with Crippen LogP contribution in [-0.2, 0) is 0 Å². The Bertz CT molecular complexity index is 670. The number of aliphatic hydroxyl groups excluding tert-OH is 1. The molecule has 0 spiro atoms. The number of allylic oxidation sites excluding steroid dienone is 8. The first-order chi connectivity index (χ1) is 21.7. The Hall–Kier alpha value is -0.830. The van der Waals surface area contributed by atoms with E-state index in [9.17, 15) is 5.11 Å². The van der Waals surface area contributed by atoms with Crippen LogP contribution in [0.15, 0.2) is 48.6 Å². The highest BCUT2D eigenvalue weighted by molar-refractivity contribution is 5.85. The van der Waals surface area contributed by atoms with E-state index in [1.165, 1.54) is 167 Å². The predicted molar refractivity (Wildman–Crippen MR) is 206 cm³/mol. The zero-order valence-corrected chi connectivity index (χ0v) is 31.3. The Morgan fingerprint density at radius 2 is 0.844 bits per heavy atom. The molecule has 0 aromatic heterocycles. The Morgan fingerprint density at radius 3 is 1.20 bits per heavy atom. The summed E-state index contributed by atoms with van der Waals surface area (Å²) in [6.07, 6.45) is 53.6. The van der Waals surface area contributed by atoms with Crippen molar-refractivity contribution in [3.63, 3.8) is 0 Å². The highest BCUT2D eigenvalue weighted by Gasteiger charge is 2.43. The van der Waals surface area contributed by atoms with Crippen molar-refractivity contribution < 1.29 is 5.11 Å². The molecule has 1 atom stereocenters. The molecular formula is C42H78ClNO. The monoisotopic (exact) mass is 648 g/mol. The van der Waals surface area contributed by atoms with Crippen LogP contribution >= 0.6 is 12.4 Å². The standard InChI is InChI=1S/C42H77NO.ClH/c1-4-6-8-10-12-14-16-18-20-22-24-26-28-30-32-34-36-42(39-43(40-42)41(3)38-44)37-35-33-31-29-27-25-23-21-19-17-15-13-11-9-7-5-2;/h12-15,18-21,41,44H,4-11,16-17,22-40H2,1-3H3;1H/b14-12-,15-13-,20-18-,21-19-;. The molecule has 0 bridgehead atoms. The lowest BCUT2D eigenvalue weighted by molar-refractivity contribution is -0.0534. The topological polar surface area (TPSA) is 23.5 Å². The molecule has 1 saturated heterocycles. The first-order valence-electron chi connectivity index (χ1n) is 19.6. The summed E-state index contributed by atoms with van der Waals surface area (Å²) in [5, 5.41) is 9.63. The molecule has 3 heteroatoms. The van der Waals surface area contributed by atoms with E-state index in [4.69, 9.17) is 0 Å². The van der Waals surface area contributed by atoms with Crippen LogP contribution in [0.2, 0.25) is 0 Å². The first-order valence-corrected chi connectivity index (χ1v) is 19.6. The number of aliphatic hydroxyl groups is 1. The molecule has 1 unspecified atom stereocenters. The number of unbranched alkanes of at least 4 members (excludes halogenated alkanes) is 18. The van der Waals surface area contributed by atoms with Gasteiger partial charge in [-0.25, -0.2) is 0 Å². The molecular weight excluding hydrogens is 570 g/mol. The summed E-state index contributed by atoms with van der Waals surface area (Å²) in [7, 11) is 0. The third kappa shape index (κ3) is 25.9. The fourth-order valence-corrected chi connectivity index (χ4v) is 6.66. The largest absolute Gasteiger partial charge is 0.395 e. The van der Waals surface area contributed by atoms with Gasteiger partial charge in [0.2, 0.25) is 0 Å². The highest BCUT2D eigenvalue weighted by Crippen LogP contribution is 2.41. The van der Waals surface area contributed by atoms with Crippen molar-refractivity contribution in [3.8, 4) is 0 Å². The normalized spacial score (nSPS) is 15.9. The van der Waals surface area contributed by atoms with Gasteiger partial charge in [-0.3, -0.25) is 4.90 Å². The van der Waals surface area contributed by atoms with Crippen LogP contribution in [0, 0.1) is 5.41 Å². The van der Waals surface area contributed by atoms with Gasteiger partial charge in [0, 0.05) is 19.1 Å². The molecule has 0 aromatic rings. The Balaban J connectivity index is 0.0000194. The average Bonchev–Trinajstić information content (AvgIpc) is 3.02. The maximum atomic E-state index is 9.63. The van der Waals surface area contributed by atoms with E-state index >= 15 is 0 Å². The molecule has 1 aliphatic heterocycles. The Labute approximate surface area is 289 Å². The SMILES string of the molecule is CCCCC/C=C\C/C=C\CCCCCCCCC1(CCCCCCCC/C=C\C/C=C\CCCCC)CN(C(C)CO)C1.Cl. The second-order valence-electron chi connectivity index (χ2n) is 14.1. The molecule has 264 valence electrons. The number of rotatable bonds is 32. The zero-order valence-electron chi connectivity index (χ0n) is 30.5. The molecule has 0 radical (unpaired) electrons. The van der Waals surface area contributed by atoms with Gasteiger partial charge >= 0.3 is 0 Å². The van der Waals surface area contributed by atoms with Crippen molar-refractivity contribution in [2.24, 2.45) is 5.41 Å². The molecule has 1 aliphatic rings. The van der Waals surface area contributed by atoms with Crippen LogP contribution in [-0.4, -0.2) is 35.7 Å². The van der Waals surface area contributed by atoms with Crippen molar-refractivity contribution >= 4 is 12.4 Å². The van der Waals surface area contributed by atoms with Gasteiger partial charge in [0.1, 0.15) is 0 Å². The molecule has 0 amide bonds. The Morgan fingerprint density at radius 1 is 0.511 bits per heavy atom. The lowest BCUT2D eigenvalue weighted by Gasteiger charge is -2.53. The number of halogens is 1.